The molecule has 0 aromatic carbocycles. The monoisotopic (exact) mass is 84.1 g/mol. The summed E-state index contributed by atoms with van der Waals surface area (Å²) in [6, 6.07) is 0. The highest BCUT2D eigenvalue weighted by Crippen LogP contribution is 1.88. The topological polar surface area (TPSA) is 24.1 Å². The quantitative estimate of drug-likeness (QED) is 0.431. The first-order chi connectivity index (χ1) is 2.89. The first-order valence-corrected chi connectivity index (χ1v) is 2.03. The normalized spacial score (nSPS) is 19.8. The molecule has 0 aromatic rings. The van der Waals surface area contributed by atoms with E-state index in [0.717, 1.165) is 6.54 Å². The van der Waals surface area contributed by atoms with Gasteiger partial charge in [0, 0.05) is 12.7 Å². The summed E-state index contributed by atoms with van der Waals surface area (Å²) in [7, 11) is 0. The van der Waals surface area contributed by atoms with Crippen molar-refractivity contribution in [3.8, 4) is 0 Å². The van der Waals surface area contributed by atoms with Crippen molar-refractivity contribution in [3.05, 3.63) is 11.8 Å². The molecule has 1 rings (SSSR count). The van der Waals surface area contributed by atoms with Gasteiger partial charge in [-0.2, -0.15) is 0 Å². The van der Waals surface area contributed by atoms with Gasteiger partial charge in [0.25, 0.3) is 0 Å². The first kappa shape index (κ1) is 3.68. The van der Waals surface area contributed by atoms with E-state index in [1.165, 1.54) is 5.57 Å². The van der Waals surface area contributed by atoms with Crippen molar-refractivity contribution < 1.29 is 0 Å². The van der Waals surface area contributed by atoms with Crippen molar-refractivity contribution >= 4 is 0 Å². The molecule has 0 bridgehead atoms. The van der Waals surface area contributed by atoms with Crippen molar-refractivity contribution in [1.82, 2.24) is 10.9 Å². The summed E-state index contributed by atoms with van der Waals surface area (Å²) < 4.78 is 0. The lowest BCUT2D eigenvalue weighted by Gasteiger charge is -1.85. The molecule has 1 heterocycles. The van der Waals surface area contributed by atoms with Gasteiger partial charge >= 0.3 is 0 Å². The highest BCUT2D eigenvalue weighted by molar-refractivity contribution is 5.02. The molecule has 0 radical (unpaired) electrons. The van der Waals surface area contributed by atoms with Crippen LogP contribution in [0, 0.1) is 0 Å². The van der Waals surface area contributed by atoms with Crippen LogP contribution in [0.2, 0.25) is 0 Å². The van der Waals surface area contributed by atoms with Crippen molar-refractivity contribution in [2.45, 2.75) is 6.92 Å². The smallest absolute Gasteiger partial charge is 0.0372 e. The Hall–Kier alpha value is -0.500. The summed E-state index contributed by atoms with van der Waals surface area (Å²) in [6.45, 7) is 3.06. The van der Waals surface area contributed by atoms with E-state index in [4.69, 9.17) is 0 Å². The van der Waals surface area contributed by atoms with Crippen LogP contribution < -0.4 is 10.9 Å². The van der Waals surface area contributed by atoms with E-state index in [-0.39, 0.29) is 0 Å². The number of nitrogens with one attached hydrogen (secondary N) is 2. The fourth-order valence-corrected chi connectivity index (χ4v) is 0.416. The Labute approximate surface area is 37.2 Å². The Bertz CT molecular complexity index is 75.6. The van der Waals surface area contributed by atoms with E-state index in [9.17, 15) is 0 Å². The lowest BCUT2D eigenvalue weighted by Crippen LogP contribution is -2.20. The zero-order valence-corrected chi connectivity index (χ0v) is 3.78. The Morgan fingerprint density at radius 3 is 2.83 bits per heavy atom. The van der Waals surface area contributed by atoms with Crippen LogP contribution in [0.4, 0.5) is 0 Å². The maximum Gasteiger partial charge on any atom is 0.0372 e. The predicted octanol–water partition coefficient (Wildman–Crippen LogP) is -0.00200. The molecule has 34 valence electrons. The second kappa shape index (κ2) is 1.30. The molecule has 0 amide bonds. The summed E-state index contributed by atoms with van der Waals surface area (Å²) in [5.41, 5.74) is 7.15. The maximum absolute atomic E-state index is 2.93. The van der Waals surface area contributed by atoms with Gasteiger partial charge in [-0.05, 0) is 12.5 Å². The largest absolute Gasteiger partial charge is 0.328 e. The average molecular weight is 84.1 g/mol. The molecule has 0 saturated heterocycles. The van der Waals surface area contributed by atoms with Gasteiger partial charge in [-0.15, -0.1) is 0 Å². The predicted molar refractivity (Wildman–Crippen MR) is 24.9 cm³/mol. The lowest BCUT2D eigenvalue weighted by atomic mass is 10.4. The molecule has 2 N–H and O–H groups in total. The molecular formula is C4H8N2. The van der Waals surface area contributed by atoms with Crippen LogP contribution in [0.15, 0.2) is 11.8 Å². The zero-order chi connectivity index (χ0) is 4.41. The van der Waals surface area contributed by atoms with Gasteiger partial charge in [-0.3, -0.25) is 0 Å². The average Bonchev–Trinajstić information content (AvgIpc) is 1.86. The lowest BCUT2D eigenvalue weighted by molar-refractivity contribution is 0.722. The number of hydrogen-bond acceptors (Lipinski definition) is 2. The molecule has 2 heteroatoms. The van der Waals surface area contributed by atoms with Crippen LogP contribution in [0.25, 0.3) is 0 Å². The standard InChI is InChI=1S/C4H8N2/c1-4-2-5-6-3-4/h2,5-6H,3H2,1H3. The van der Waals surface area contributed by atoms with Gasteiger partial charge in [0.1, 0.15) is 0 Å². The summed E-state index contributed by atoms with van der Waals surface area (Å²) in [5, 5.41) is 0. The zero-order valence-electron chi connectivity index (χ0n) is 3.78. The SMILES string of the molecule is CC1=CNNC1. The van der Waals surface area contributed by atoms with Crippen LogP contribution in [0.1, 0.15) is 6.92 Å². The molecule has 0 spiro atoms. The molecule has 0 aromatic heterocycles. The number of rotatable bonds is 0. The van der Waals surface area contributed by atoms with E-state index in [1.807, 2.05) is 6.20 Å². The van der Waals surface area contributed by atoms with Crippen LogP contribution >= 0.6 is 0 Å². The molecule has 6 heavy (non-hydrogen) atoms. The molecule has 0 aliphatic carbocycles. The highest BCUT2D eigenvalue weighted by atomic mass is 15.4. The van der Waals surface area contributed by atoms with E-state index >= 15 is 0 Å². The van der Waals surface area contributed by atoms with E-state index < -0.39 is 0 Å². The third-order valence-electron chi connectivity index (χ3n) is 0.788. The minimum Gasteiger partial charge on any atom is -0.328 e. The maximum atomic E-state index is 2.93. The molecule has 0 fully saturated rings. The summed E-state index contributed by atoms with van der Waals surface area (Å²) in [4.78, 5) is 0. The minimum absolute atomic E-state index is 0.986. The Balaban J connectivity index is 2.45. The van der Waals surface area contributed by atoms with Crippen LogP contribution in [-0.2, 0) is 0 Å². The molecule has 0 saturated carbocycles. The Morgan fingerprint density at radius 1 is 1.83 bits per heavy atom. The second-order valence-corrected chi connectivity index (χ2v) is 1.49. The summed E-state index contributed by atoms with van der Waals surface area (Å²) in [6.07, 6.45) is 1.96. The molecule has 1 aliphatic rings. The minimum atomic E-state index is 0.986. The summed E-state index contributed by atoms with van der Waals surface area (Å²) in [5.74, 6) is 0. The summed E-state index contributed by atoms with van der Waals surface area (Å²) >= 11 is 0. The van der Waals surface area contributed by atoms with Gasteiger partial charge in [-0.25, -0.2) is 5.43 Å². The molecule has 1 aliphatic heterocycles. The fourth-order valence-electron chi connectivity index (χ4n) is 0.416. The van der Waals surface area contributed by atoms with Crippen LogP contribution in [-0.4, -0.2) is 6.54 Å². The molecule has 0 atom stereocenters. The van der Waals surface area contributed by atoms with Gasteiger partial charge in [0.15, 0.2) is 0 Å². The first-order valence-electron chi connectivity index (χ1n) is 2.03. The Morgan fingerprint density at radius 2 is 2.67 bits per heavy atom. The van der Waals surface area contributed by atoms with Crippen LogP contribution in [0.3, 0.4) is 0 Å². The van der Waals surface area contributed by atoms with Gasteiger partial charge < -0.3 is 5.43 Å². The molecule has 0 unspecified atom stereocenters. The van der Waals surface area contributed by atoms with E-state index in [0.29, 0.717) is 0 Å². The molecule has 2 nitrogen and oxygen atoms in total. The van der Waals surface area contributed by atoms with Gasteiger partial charge in [0.2, 0.25) is 0 Å². The van der Waals surface area contributed by atoms with Crippen molar-refractivity contribution in [3.63, 3.8) is 0 Å². The second-order valence-electron chi connectivity index (χ2n) is 1.49. The van der Waals surface area contributed by atoms with Crippen molar-refractivity contribution in [2.24, 2.45) is 0 Å². The van der Waals surface area contributed by atoms with Crippen LogP contribution in [0.5, 0.6) is 0 Å². The third-order valence-corrected chi connectivity index (χ3v) is 0.788. The fraction of sp³-hybridized carbons (Fsp3) is 0.500. The van der Waals surface area contributed by atoms with E-state index in [2.05, 4.69) is 17.8 Å². The Kier molecular flexibility index (Phi) is 0.801. The van der Waals surface area contributed by atoms with Crippen molar-refractivity contribution in [1.29, 1.82) is 0 Å². The van der Waals surface area contributed by atoms with E-state index in [1.54, 1.807) is 0 Å². The highest BCUT2D eigenvalue weighted by Gasteiger charge is 1.91. The van der Waals surface area contributed by atoms with Gasteiger partial charge in [-0.1, -0.05) is 0 Å². The molecular weight excluding hydrogens is 76.1 g/mol. The number of hydrazine groups is 1. The van der Waals surface area contributed by atoms with Gasteiger partial charge in [0.05, 0.1) is 0 Å². The third kappa shape index (κ3) is 0.518. The van der Waals surface area contributed by atoms with Crippen molar-refractivity contribution in [2.75, 3.05) is 6.54 Å². The number of hydrogen-bond donors (Lipinski definition) is 2.